The van der Waals surface area contributed by atoms with Gasteiger partial charge in [-0.15, -0.1) is 23.1 Å². The van der Waals surface area contributed by atoms with E-state index in [1.54, 1.807) is 30.0 Å². The molecule has 4 nitrogen and oxygen atoms in total. The van der Waals surface area contributed by atoms with Crippen LogP contribution in [-0.2, 0) is 16.0 Å². The smallest absolute Gasteiger partial charge is 0.240 e. The van der Waals surface area contributed by atoms with E-state index in [9.17, 15) is 9.59 Å². The lowest BCUT2D eigenvalue weighted by molar-refractivity contribution is -0.132. The van der Waals surface area contributed by atoms with E-state index in [0.717, 1.165) is 31.7 Å². The van der Waals surface area contributed by atoms with Gasteiger partial charge < -0.3 is 9.80 Å². The molecular formula is C15H20N2O2S2. The summed E-state index contributed by atoms with van der Waals surface area (Å²) in [7, 11) is 0. The Labute approximate surface area is 133 Å². The lowest BCUT2D eigenvalue weighted by atomic mass is 10.1. The van der Waals surface area contributed by atoms with Gasteiger partial charge in [0.2, 0.25) is 11.8 Å². The molecule has 1 aromatic heterocycles. The molecule has 1 aromatic rings. The molecule has 0 aliphatic carbocycles. The first kappa shape index (κ1) is 14.9. The molecule has 2 aliphatic rings. The Morgan fingerprint density at radius 1 is 1.19 bits per heavy atom. The first-order valence-electron chi connectivity index (χ1n) is 7.39. The van der Waals surface area contributed by atoms with Crippen LogP contribution in [0.1, 0.15) is 29.0 Å². The quantitative estimate of drug-likeness (QED) is 0.795. The van der Waals surface area contributed by atoms with Gasteiger partial charge in [0.05, 0.1) is 0 Å². The molecule has 3 heterocycles. The summed E-state index contributed by atoms with van der Waals surface area (Å²) in [6.07, 6.45) is 1.96. The summed E-state index contributed by atoms with van der Waals surface area (Å²) in [5.74, 6) is 1.36. The molecule has 21 heavy (non-hydrogen) atoms. The topological polar surface area (TPSA) is 40.6 Å². The number of hydrogen-bond acceptors (Lipinski definition) is 4. The van der Waals surface area contributed by atoms with Gasteiger partial charge in [-0.1, -0.05) is 0 Å². The van der Waals surface area contributed by atoms with Gasteiger partial charge >= 0.3 is 0 Å². The van der Waals surface area contributed by atoms with Crippen molar-refractivity contribution in [3.63, 3.8) is 0 Å². The molecule has 2 amide bonds. The molecule has 0 N–H and O–H groups in total. The van der Waals surface area contributed by atoms with E-state index in [0.29, 0.717) is 13.1 Å². The first-order chi connectivity index (χ1) is 10.2. The second kappa shape index (κ2) is 6.40. The largest absolute Gasteiger partial charge is 0.341 e. The highest BCUT2D eigenvalue weighted by atomic mass is 32.2. The Balaban J connectivity index is 1.70. The number of nitrogens with zero attached hydrogens (tertiary/aromatic N) is 2. The van der Waals surface area contributed by atoms with Gasteiger partial charge in [0, 0.05) is 38.0 Å². The van der Waals surface area contributed by atoms with Crippen LogP contribution in [-0.4, -0.2) is 53.5 Å². The summed E-state index contributed by atoms with van der Waals surface area (Å²) in [6, 6.07) is 2.11. The third-order valence-electron chi connectivity index (χ3n) is 4.15. The van der Waals surface area contributed by atoms with E-state index in [2.05, 4.69) is 11.4 Å². The standard InChI is InChI=1S/C15H20N2O2S2/c1-11(18)16-5-2-6-17(8-7-16)15(19)14-12-3-9-20-13(12)4-10-21-14/h3,9,14H,2,4-8,10H2,1H3. The zero-order valence-corrected chi connectivity index (χ0v) is 13.8. The number of thioether (sulfide) groups is 1. The summed E-state index contributed by atoms with van der Waals surface area (Å²) < 4.78 is 0. The van der Waals surface area contributed by atoms with Gasteiger partial charge in [0.25, 0.3) is 0 Å². The number of rotatable bonds is 1. The van der Waals surface area contributed by atoms with Gasteiger partial charge in [-0.3, -0.25) is 9.59 Å². The minimum absolute atomic E-state index is 0.0381. The highest BCUT2D eigenvalue weighted by Crippen LogP contribution is 2.40. The number of carbonyl (C=O) groups is 2. The fourth-order valence-electron chi connectivity index (χ4n) is 2.97. The fourth-order valence-corrected chi connectivity index (χ4v) is 5.34. The van der Waals surface area contributed by atoms with Crippen molar-refractivity contribution in [1.29, 1.82) is 0 Å². The molecule has 114 valence electrons. The van der Waals surface area contributed by atoms with Crippen molar-refractivity contribution in [2.24, 2.45) is 0 Å². The molecule has 0 bridgehead atoms. The zero-order chi connectivity index (χ0) is 14.8. The van der Waals surface area contributed by atoms with Crippen LogP contribution in [0.5, 0.6) is 0 Å². The van der Waals surface area contributed by atoms with Crippen molar-refractivity contribution < 1.29 is 9.59 Å². The molecule has 0 radical (unpaired) electrons. The molecule has 1 unspecified atom stereocenters. The number of thiophene rings is 1. The molecule has 0 aromatic carbocycles. The van der Waals surface area contributed by atoms with Crippen LogP contribution >= 0.6 is 23.1 Å². The zero-order valence-electron chi connectivity index (χ0n) is 12.2. The van der Waals surface area contributed by atoms with Crippen LogP contribution in [0.3, 0.4) is 0 Å². The van der Waals surface area contributed by atoms with E-state index in [-0.39, 0.29) is 17.1 Å². The Bertz CT molecular complexity index is 544. The second-order valence-corrected chi connectivity index (χ2v) is 7.70. The molecule has 3 rings (SSSR count). The average molecular weight is 324 g/mol. The van der Waals surface area contributed by atoms with Crippen LogP contribution in [0.25, 0.3) is 0 Å². The Morgan fingerprint density at radius 2 is 1.95 bits per heavy atom. The number of hydrogen-bond donors (Lipinski definition) is 0. The van der Waals surface area contributed by atoms with E-state index in [4.69, 9.17) is 0 Å². The second-order valence-electron chi connectivity index (χ2n) is 5.48. The molecule has 1 fully saturated rings. The number of aryl methyl sites for hydroxylation is 1. The average Bonchev–Trinajstić information content (AvgIpc) is 2.81. The molecule has 0 saturated carbocycles. The highest BCUT2D eigenvalue weighted by molar-refractivity contribution is 8.00. The monoisotopic (exact) mass is 324 g/mol. The van der Waals surface area contributed by atoms with Crippen LogP contribution in [0.4, 0.5) is 0 Å². The van der Waals surface area contributed by atoms with Gasteiger partial charge in [0.1, 0.15) is 5.25 Å². The number of carbonyl (C=O) groups excluding carboxylic acids is 2. The minimum atomic E-state index is -0.0381. The van der Waals surface area contributed by atoms with Gasteiger partial charge in [-0.25, -0.2) is 0 Å². The van der Waals surface area contributed by atoms with E-state index >= 15 is 0 Å². The van der Waals surface area contributed by atoms with Crippen LogP contribution in [0, 0.1) is 0 Å². The van der Waals surface area contributed by atoms with Crippen molar-refractivity contribution in [1.82, 2.24) is 9.80 Å². The third kappa shape index (κ3) is 3.11. The predicted molar refractivity (Wildman–Crippen MR) is 86.7 cm³/mol. The maximum atomic E-state index is 12.8. The van der Waals surface area contributed by atoms with Crippen molar-refractivity contribution in [3.8, 4) is 0 Å². The summed E-state index contributed by atoms with van der Waals surface area (Å²) >= 11 is 3.53. The lowest BCUT2D eigenvalue weighted by Crippen LogP contribution is -2.39. The molecule has 1 atom stereocenters. The van der Waals surface area contributed by atoms with E-state index in [1.807, 2.05) is 9.80 Å². The van der Waals surface area contributed by atoms with E-state index < -0.39 is 0 Å². The summed E-state index contributed by atoms with van der Waals surface area (Å²) in [5.41, 5.74) is 1.22. The van der Waals surface area contributed by atoms with Crippen molar-refractivity contribution in [3.05, 3.63) is 21.9 Å². The van der Waals surface area contributed by atoms with Crippen LogP contribution in [0.15, 0.2) is 11.4 Å². The Hall–Kier alpha value is -1.01. The Kier molecular flexibility index (Phi) is 4.54. The molecule has 2 aliphatic heterocycles. The highest BCUT2D eigenvalue weighted by Gasteiger charge is 2.32. The van der Waals surface area contributed by atoms with Gasteiger partial charge in [0.15, 0.2) is 0 Å². The van der Waals surface area contributed by atoms with Crippen LogP contribution < -0.4 is 0 Å². The van der Waals surface area contributed by atoms with Crippen molar-refractivity contribution in [2.75, 3.05) is 31.9 Å². The molecule has 6 heteroatoms. The predicted octanol–water partition coefficient (Wildman–Crippen LogP) is 2.16. The van der Waals surface area contributed by atoms with Crippen LogP contribution in [0.2, 0.25) is 0 Å². The lowest BCUT2D eigenvalue weighted by Gasteiger charge is -2.28. The number of amides is 2. The molecule has 0 spiro atoms. The summed E-state index contributed by atoms with van der Waals surface area (Å²) in [4.78, 5) is 29.5. The normalized spacial score (nSPS) is 22.6. The minimum Gasteiger partial charge on any atom is -0.341 e. The number of fused-ring (bicyclic) bond motifs is 1. The Morgan fingerprint density at radius 3 is 2.76 bits per heavy atom. The maximum Gasteiger partial charge on any atom is 0.240 e. The van der Waals surface area contributed by atoms with Gasteiger partial charge in [-0.05, 0) is 35.6 Å². The maximum absolute atomic E-state index is 12.8. The SMILES string of the molecule is CC(=O)N1CCCN(C(=O)C2SCCc3sccc32)CC1. The third-order valence-corrected chi connectivity index (χ3v) is 6.38. The molecular weight excluding hydrogens is 304 g/mol. The van der Waals surface area contributed by atoms with E-state index in [1.165, 1.54) is 10.4 Å². The summed E-state index contributed by atoms with van der Waals surface area (Å²) in [6.45, 7) is 4.45. The fraction of sp³-hybridized carbons (Fsp3) is 0.600. The van der Waals surface area contributed by atoms with Crippen molar-refractivity contribution in [2.45, 2.75) is 25.0 Å². The van der Waals surface area contributed by atoms with Crippen molar-refractivity contribution >= 4 is 34.9 Å². The van der Waals surface area contributed by atoms with Gasteiger partial charge in [-0.2, -0.15) is 0 Å². The first-order valence-corrected chi connectivity index (χ1v) is 9.32. The molecule has 1 saturated heterocycles. The summed E-state index contributed by atoms with van der Waals surface area (Å²) in [5, 5.41) is 2.06.